The Morgan fingerprint density at radius 3 is 2.86 bits per heavy atom. The molecule has 1 aromatic heterocycles. The van der Waals surface area contributed by atoms with Gasteiger partial charge in [-0.3, -0.25) is 14.7 Å². The van der Waals surface area contributed by atoms with Gasteiger partial charge in [-0.15, -0.1) is 0 Å². The molecule has 0 saturated heterocycles. The molecule has 1 aliphatic rings. The van der Waals surface area contributed by atoms with Crippen LogP contribution in [0.2, 0.25) is 0 Å². The third kappa shape index (κ3) is 5.62. The van der Waals surface area contributed by atoms with Crippen LogP contribution in [0.4, 0.5) is 11.4 Å². The van der Waals surface area contributed by atoms with Gasteiger partial charge in [-0.25, -0.2) is 0 Å². The first kappa shape index (κ1) is 25.5. The van der Waals surface area contributed by atoms with Crippen molar-refractivity contribution in [3.63, 3.8) is 0 Å². The molecule has 4 rings (SSSR count). The SMILES string of the molecule is CCOC(=O)C[C@H](c1ccc(C)c(CN2CCOc3cccnc3C2)c1)c1ccc(NC)c(N)c1C. The fourth-order valence-electron chi connectivity index (χ4n) is 4.84. The van der Waals surface area contributed by atoms with Crippen LogP contribution in [-0.2, 0) is 22.6 Å². The average molecular weight is 489 g/mol. The zero-order valence-electron chi connectivity index (χ0n) is 21.6. The van der Waals surface area contributed by atoms with Gasteiger partial charge in [-0.1, -0.05) is 24.3 Å². The maximum Gasteiger partial charge on any atom is 0.306 e. The Kier molecular flexibility index (Phi) is 8.10. The molecule has 0 unspecified atom stereocenters. The number of aromatic nitrogens is 1. The lowest BCUT2D eigenvalue weighted by molar-refractivity contribution is -0.143. The minimum Gasteiger partial charge on any atom is -0.490 e. The van der Waals surface area contributed by atoms with Gasteiger partial charge in [0.15, 0.2) is 0 Å². The number of carbonyl (C=O) groups is 1. The van der Waals surface area contributed by atoms with Crippen LogP contribution in [0.15, 0.2) is 48.7 Å². The maximum absolute atomic E-state index is 12.6. The summed E-state index contributed by atoms with van der Waals surface area (Å²) < 4.78 is 11.2. The fourth-order valence-corrected chi connectivity index (χ4v) is 4.84. The second-order valence-electron chi connectivity index (χ2n) is 9.25. The maximum atomic E-state index is 12.6. The summed E-state index contributed by atoms with van der Waals surface area (Å²) in [6, 6.07) is 14.4. The van der Waals surface area contributed by atoms with E-state index in [4.69, 9.17) is 15.2 Å². The van der Waals surface area contributed by atoms with Crippen molar-refractivity contribution in [2.75, 3.05) is 37.9 Å². The molecule has 3 aromatic rings. The molecule has 1 aliphatic heterocycles. The van der Waals surface area contributed by atoms with Crippen LogP contribution < -0.4 is 15.8 Å². The minimum absolute atomic E-state index is 0.161. The van der Waals surface area contributed by atoms with E-state index in [1.807, 2.05) is 45.3 Å². The molecule has 2 aromatic carbocycles. The largest absolute Gasteiger partial charge is 0.490 e. The number of hydrogen-bond donors (Lipinski definition) is 2. The molecule has 3 N–H and O–H groups in total. The lowest BCUT2D eigenvalue weighted by Crippen LogP contribution is -2.26. The predicted octanol–water partition coefficient (Wildman–Crippen LogP) is 4.80. The molecule has 0 amide bonds. The third-order valence-electron chi connectivity index (χ3n) is 6.93. The number of pyridine rings is 1. The number of anilines is 2. The lowest BCUT2D eigenvalue weighted by atomic mass is 9.84. The number of nitrogens with two attached hydrogens (primary N) is 1. The van der Waals surface area contributed by atoms with Gasteiger partial charge in [0.05, 0.1) is 30.1 Å². The van der Waals surface area contributed by atoms with E-state index >= 15 is 0 Å². The first-order valence-electron chi connectivity index (χ1n) is 12.5. The van der Waals surface area contributed by atoms with Crippen molar-refractivity contribution in [2.45, 2.75) is 46.2 Å². The molecule has 0 radical (unpaired) electrons. The molecule has 1 atom stereocenters. The van der Waals surface area contributed by atoms with Gasteiger partial charge < -0.3 is 20.5 Å². The van der Waals surface area contributed by atoms with E-state index in [0.717, 1.165) is 53.5 Å². The van der Waals surface area contributed by atoms with Crippen LogP contribution in [0.3, 0.4) is 0 Å². The molecular weight excluding hydrogens is 452 g/mol. The summed E-state index contributed by atoms with van der Waals surface area (Å²) in [6.07, 6.45) is 2.06. The molecule has 0 fully saturated rings. The molecule has 0 spiro atoms. The van der Waals surface area contributed by atoms with Crippen molar-refractivity contribution in [2.24, 2.45) is 0 Å². The Morgan fingerprint density at radius 2 is 2.08 bits per heavy atom. The molecule has 36 heavy (non-hydrogen) atoms. The summed E-state index contributed by atoms with van der Waals surface area (Å²) in [7, 11) is 1.86. The van der Waals surface area contributed by atoms with Gasteiger partial charge in [-0.05, 0) is 66.8 Å². The monoisotopic (exact) mass is 488 g/mol. The predicted molar refractivity (Wildman–Crippen MR) is 143 cm³/mol. The molecule has 0 aliphatic carbocycles. The number of nitrogens with one attached hydrogen (secondary N) is 1. The zero-order chi connectivity index (χ0) is 25.7. The lowest BCUT2D eigenvalue weighted by Gasteiger charge is -2.24. The Hall–Kier alpha value is -3.58. The van der Waals surface area contributed by atoms with E-state index in [1.165, 1.54) is 11.1 Å². The minimum atomic E-state index is -0.215. The number of benzene rings is 2. The van der Waals surface area contributed by atoms with Crippen molar-refractivity contribution < 1.29 is 14.3 Å². The summed E-state index contributed by atoms with van der Waals surface area (Å²) in [5, 5.41) is 3.14. The van der Waals surface area contributed by atoms with Crippen molar-refractivity contribution >= 4 is 17.3 Å². The summed E-state index contributed by atoms with van der Waals surface area (Å²) in [4.78, 5) is 19.5. The van der Waals surface area contributed by atoms with Gasteiger partial charge in [-0.2, -0.15) is 0 Å². The molecule has 0 bridgehead atoms. The van der Waals surface area contributed by atoms with Gasteiger partial charge in [0.2, 0.25) is 0 Å². The normalized spacial score (nSPS) is 14.3. The van der Waals surface area contributed by atoms with Gasteiger partial charge in [0.1, 0.15) is 12.4 Å². The summed E-state index contributed by atoms with van der Waals surface area (Å²) in [6.45, 7) is 9.27. The molecule has 7 heteroatoms. The quantitative estimate of drug-likeness (QED) is 0.348. The Balaban J connectivity index is 1.67. The van der Waals surface area contributed by atoms with E-state index in [0.29, 0.717) is 18.9 Å². The first-order valence-corrected chi connectivity index (χ1v) is 12.5. The van der Waals surface area contributed by atoms with Crippen LogP contribution in [0.1, 0.15) is 52.8 Å². The number of fused-ring (bicyclic) bond motifs is 1. The van der Waals surface area contributed by atoms with Gasteiger partial charge >= 0.3 is 5.97 Å². The standard InChI is InChI=1S/C29H36N4O3/c1-5-35-28(34)16-24(23-10-11-25(31-4)29(30)20(23)3)21-9-8-19(2)22(15-21)17-33-13-14-36-27-7-6-12-32-26(27)18-33/h6-12,15,24,31H,5,13-14,16-18,30H2,1-4H3/t24-/m1/s1. The van der Waals surface area contributed by atoms with Gasteiger partial charge in [0.25, 0.3) is 0 Å². The van der Waals surface area contributed by atoms with Crippen LogP contribution in [0.5, 0.6) is 5.75 Å². The van der Waals surface area contributed by atoms with E-state index in [2.05, 4.69) is 46.4 Å². The van der Waals surface area contributed by atoms with Crippen LogP contribution in [0, 0.1) is 13.8 Å². The molecule has 7 nitrogen and oxygen atoms in total. The van der Waals surface area contributed by atoms with Crippen molar-refractivity contribution in [3.05, 3.63) is 82.2 Å². The number of nitrogens with zero attached hydrogens (tertiary/aromatic N) is 2. The van der Waals surface area contributed by atoms with Crippen molar-refractivity contribution in [3.8, 4) is 5.75 Å². The van der Waals surface area contributed by atoms with Crippen molar-refractivity contribution in [1.29, 1.82) is 0 Å². The summed E-state index contributed by atoms with van der Waals surface area (Å²) in [5.41, 5.74) is 14.5. The molecule has 190 valence electrons. The highest BCUT2D eigenvalue weighted by Gasteiger charge is 2.24. The highest BCUT2D eigenvalue weighted by molar-refractivity contribution is 5.75. The van der Waals surface area contributed by atoms with E-state index in [1.54, 1.807) is 0 Å². The number of ether oxygens (including phenoxy) is 2. The van der Waals surface area contributed by atoms with Crippen LogP contribution in [-0.4, -0.2) is 42.7 Å². The Labute approximate surface area is 213 Å². The molecular formula is C29H36N4O3. The first-order chi connectivity index (χ1) is 17.4. The fraction of sp³-hybridized carbons (Fsp3) is 0.379. The third-order valence-corrected chi connectivity index (χ3v) is 6.93. The summed E-state index contributed by atoms with van der Waals surface area (Å²) >= 11 is 0. The van der Waals surface area contributed by atoms with Crippen molar-refractivity contribution in [1.82, 2.24) is 9.88 Å². The van der Waals surface area contributed by atoms with Gasteiger partial charge in [0, 0.05) is 38.8 Å². The Morgan fingerprint density at radius 1 is 1.25 bits per heavy atom. The number of esters is 1. The average Bonchev–Trinajstić information content (AvgIpc) is 3.08. The van der Waals surface area contributed by atoms with Crippen LogP contribution in [0.25, 0.3) is 0 Å². The highest BCUT2D eigenvalue weighted by atomic mass is 16.5. The number of aryl methyl sites for hydroxylation is 1. The number of hydrogen-bond acceptors (Lipinski definition) is 7. The molecule has 2 heterocycles. The number of rotatable bonds is 8. The zero-order valence-corrected chi connectivity index (χ0v) is 21.6. The highest BCUT2D eigenvalue weighted by Crippen LogP contribution is 2.36. The number of nitrogen functional groups attached to an aromatic ring is 1. The van der Waals surface area contributed by atoms with E-state index in [-0.39, 0.29) is 18.3 Å². The van der Waals surface area contributed by atoms with Crippen LogP contribution >= 0.6 is 0 Å². The molecule has 0 saturated carbocycles. The number of carbonyl (C=O) groups excluding carboxylic acids is 1. The van der Waals surface area contributed by atoms with E-state index < -0.39 is 0 Å². The second-order valence-corrected chi connectivity index (χ2v) is 9.25. The summed E-state index contributed by atoms with van der Waals surface area (Å²) in [5.74, 6) is 0.483. The topological polar surface area (TPSA) is 89.7 Å². The Bertz CT molecular complexity index is 1230. The second kappa shape index (κ2) is 11.4. The van der Waals surface area contributed by atoms with E-state index in [9.17, 15) is 4.79 Å². The smallest absolute Gasteiger partial charge is 0.306 e.